The van der Waals surface area contributed by atoms with Gasteiger partial charge in [-0.25, -0.2) is 9.97 Å². The van der Waals surface area contributed by atoms with Gasteiger partial charge in [0.05, 0.1) is 18.1 Å². The van der Waals surface area contributed by atoms with Gasteiger partial charge >= 0.3 is 5.97 Å². The highest BCUT2D eigenvalue weighted by molar-refractivity contribution is 9.10. The molecule has 0 aliphatic rings. The zero-order valence-electron chi connectivity index (χ0n) is 10.9. The summed E-state index contributed by atoms with van der Waals surface area (Å²) in [7, 11) is 0. The Kier molecular flexibility index (Phi) is 5.55. The summed E-state index contributed by atoms with van der Waals surface area (Å²) in [6.07, 6.45) is 1.69. The molecule has 0 N–H and O–H groups in total. The normalized spacial score (nSPS) is 10.3. The zero-order chi connectivity index (χ0) is 14.4. The van der Waals surface area contributed by atoms with E-state index in [2.05, 4.69) is 25.9 Å². The van der Waals surface area contributed by atoms with E-state index in [1.54, 1.807) is 13.1 Å². The molecule has 2 rings (SSSR count). The van der Waals surface area contributed by atoms with Crippen molar-refractivity contribution in [1.29, 1.82) is 0 Å². The maximum atomic E-state index is 11.3. The van der Waals surface area contributed by atoms with Gasteiger partial charge in [0.25, 0.3) is 0 Å². The maximum absolute atomic E-state index is 11.3. The molecular formula is C14H13BrN2O2S. The first-order chi connectivity index (χ1) is 9.69. The first-order valence-corrected chi connectivity index (χ1v) is 7.84. The van der Waals surface area contributed by atoms with Crippen molar-refractivity contribution in [3.05, 3.63) is 41.0 Å². The van der Waals surface area contributed by atoms with Crippen LogP contribution in [0.4, 0.5) is 0 Å². The fourth-order valence-corrected chi connectivity index (χ4v) is 2.41. The molecule has 0 saturated heterocycles. The summed E-state index contributed by atoms with van der Waals surface area (Å²) in [4.78, 5) is 19.9. The predicted octanol–water partition coefficient (Wildman–Crippen LogP) is 3.56. The fourth-order valence-electron chi connectivity index (χ4n) is 1.52. The number of thioether (sulfide) groups is 1. The lowest BCUT2D eigenvalue weighted by molar-refractivity contribution is -0.139. The van der Waals surface area contributed by atoms with Crippen molar-refractivity contribution in [3.63, 3.8) is 0 Å². The zero-order valence-corrected chi connectivity index (χ0v) is 13.3. The van der Waals surface area contributed by atoms with Crippen LogP contribution in [-0.4, -0.2) is 28.3 Å². The Morgan fingerprint density at radius 1 is 1.30 bits per heavy atom. The van der Waals surface area contributed by atoms with E-state index in [0.29, 0.717) is 11.8 Å². The van der Waals surface area contributed by atoms with Crippen molar-refractivity contribution < 1.29 is 9.53 Å². The SMILES string of the molecule is CCOC(=O)CSc1nccc(-c2ccc(Br)cc2)n1. The molecule has 1 heterocycles. The van der Waals surface area contributed by atoms with Crippen LogP contribution in [0.2, 0.25) is 0 Å². The van der Waals surface area contributed by atoms with E-state index >= 15 is 0 Å². The first kappa shape index (κ1) is 15.0. The number of esters is 1. The molecule has 0 fully saturated rings. The monoisotopic (exact) mass is 352 g/mol. The summed E-state index contributed by atoms with van der Waals surface area (Å²) >= 11 is 4.67. The molecule has 1 aromatic carbocycles. The highest BCUT2D eigenvalue weighted by atomic mass is 79.9. The van der Waals surface area contributed by atoms with Gasteiger partial charge in [-0.2, -0.15) is 0 Å². The Labute approximate surface area is 130 Å². The van der Waals surface area contributed by atoms with Crippen LogP contribution in [0.15, 0.2) is 46.2 Å². The number of rotatable bonds is 5. The van der Waals surface area contributed by atoms with Crippen LogP contribution in [0.3, 0.4) is 0 Å². The van der Waals surface area contributed by atoms with Crippen LogP contribution in [0.1, 0.15) is 6.92 Å². The molecule has 1 aromatic heterocycles. The van der Waals surface area contributed by atoms with Crippen LogP contribution >= 0.6 is 27.7 Å². The molecule has 0 aliphatic carbocycles. The van der Waals surface area contributed by atoms with Crippen LogP contribution in [0.5, 0.6) is 0 Å². The van der Waals surface area contributed by atoms with Crippen molar-refractivity contribution in [2.75, 3.05) is 12.4 Å². The minimum absolute atomic E-state index is 0.220. The predicted molar refractivity (Wildman–Crippen MR) is 82.5 cm³/mol. The number of aromatic nitrogens is 2. The largest absolute Gasteiger partial charge is 0.465 e. The van der Waals surface area contributed by atoms with Crippen LogP contribution in [0.25, 0.3) is 11.3 Å². The van der Waals surface area contributed by atoms with Gasteiger partial charge in [-0.3, -0.25) is 4.79 Å². The molecule has 0 spiro atoms. The smallest absolute Gasteiger partial charge is 0.316 e. The van der Waals surface area contributed by atoms with E-state index in [1.807, 2.05) is 30.3 Å². The number of hydrogen-bond acceptors (Lipinski definition) is 5. The summed E-state index contributed by atoms with van der Waals surface area (Å²) in [5.74, 6) is -0.0346. The first-order valence-electron chi connectivity index (χ1n) is 6.06. The number of halogens is 1. The average Bonchev–Trinajstić information content (AvgIpc) is 2.47. The quantitative estimate of drug-likeness (QED) is 0.467. The molecule has 2 aromatic rings. The molecule has 0 aliphatic heterocycles. The molecule has 0 atom stereocenters. The lowest BCUT2D eigenvalue weighted by atomic mass is 10.1. The van der Waals surface area contributed by atoms with Crippen molar-refractivity contribution in [1.82, 2.24) is 9.97 Å². The summed E-state index contributed by atoms with van der Waals surface area (Å²) < 4.78 is 5.89. The van der Waals surface area contributed by atoms with E-state index in [9.17, 15) is 4.79 Å². The van der Waals surface area contributed by atoms with Crippen molar-refractivity contribution in [2.45, 2.75) is 12.1 Å². The Bertz CT molecular complexity index is 590. The van der Waals surface area contributed by atoms with Crippen molar-refractivity contribution in [2.24, 2.45) is 0 Å². The topological polar surface area (TPSA) is 52.1 Å². The van der Waals surface area contributed by atoms with Crippen molar-refractivity contribution >= 4 is 33.7 Å². The second-order valence-electron chi connectivity index (χ2n) is 3.83. The molecule has 0 radical (unpaired) electrons. The highest BCUT2D eigenvalue weighted by Crippen LogP contribution is 2.22. The van der Waals surface area contributed by atoms with Gasteiger partial charge in [0.15, 0.2) is 5.16 Å². The standard InChI is InChI=1S/C14H13BrN2O2S/c1-2-19-13(18)9-20-14-16-8-7-12(17-14)10-3-5-11(15)6-4-10/h3-8H,2,9H2,1H3. The minimum atomic E-state index is -0.254. The Hall–Kier alpha value is -1.40. The van der Waals surface area contributed by atoms with E-state index in [0.717, 1.165) is 15.7 Å². The third-order valence-corrected chi connectivity index (χ3v) is 3.76. The lowest BCUT2D eigenvalue weighted by Crippen LogP contribution is -2.07. The Morgan fingerprint density at radius 3 is 2.75 bits per heavy atom. The van der Waals surface area contributed by atoms with Gasteiger partial charge in [0.1, 0.15) is 0 Å². The summed E-state index contributed by atoms with van der Waals surface area (Å²) in [6.45, 7) is 2.17. The Balaban J connectivity index is 2.08. The van der Waals surface area contributed by atoms with E-state index in [1.165, 1.54) is 11.8 Å². The highest BCUT2D eigenvalue weighted by Gasteiger charge is 2.07. The molecule has 0 saturated carbocycles. The number of carbonyl (C=O) groups is 1. The average molecular weight is 353 g/mol. The number of ether oxygens (including phenoxy) is 1. The summed E-state index contributed by atoms with van der Waals surface area (Å²) in [5, 5.41) is 0.568. The van der Waals surface area contributed by atoms with Gasteiger partial charge in [0, 0.05) is 16.2 Å². The molecule has 0 unspecified atom stereocenters. The van der Waals surface area contributed by atoms with Gasteiger partial charge in [-0.1, -0.05) is 39.8 Å². The lowest BCUT2D eigenvalue weighted by Gasteiger charge is -2.04. The second-order valence-corrected chi connectivity index (χ2v) is 5.68. The Morgan fingerprint density at radius 2 is 2.05 bits per heavy atom. The molecule has 0 amide bonds. The molecule has 0 bridgehead atoms. The molecule has 104 valence electrons. The fraction of sp³-hybridized carbons (Fsp3) is 0.214. The van der Waals surface area contributed by atoms with Gasteiger partial charge < -0.3 is 4.74 Å². The number of carbonyl (C=O) groups excluding carboxylic acids is 1. The molecule has 20 heavy (non-hydrogen) atoms. The van der Waals surface area contributed by atoms with Gasteiger partial charge in [-0.15, -0.1) is 0 Å². The second kappa shape index (κ2) is 7.40. The number of benzene rings is 1. The third kappa shape index (κ3) is 4.31. The van der Waals surface area contributed by atoms with Crippen LogP contribution in [-0.2, 0) is 9.53 Å². The number of nitrogens with zero attached hydrogens (tertiary/aromatic N) is 2. The molecular weight excluding hydrogens is 340 g/mol. The van der Waals surface area contributed by atoms with E-state index in [-0.39, 0.29) is 11.7 Å². The van der Waals surface area contributed by atoms with Crippen LogP contribution in [0, 0.1) is 0 Å². The van der Waals surface area contributed by atoms with Crippen molar-refractivity contribution in [3.8, 4) is 11.3 Å². The van der Waals surface area contributed by atoms with E-state index < -0.39 is 0 Å². The minimum Gasteiger partial charge on any atom is -0.465 e. The van der Waals surface area contributed by atoms with Gasteiger partial charge in [0.2, 0.25) is 0 Å². The molecule has 4 nitrogen and oxygen atoms in total. The third-order valence-electron chi connectivity index (χ3n) is 2.40. The van der Waals surface area contributed by atoms with Gasteiger partial charge in [-0.05, 0) is 25.1 Å². The summed E-state index contributed by atoms with van der Waals surface area (Å²) in [6, 6.07) is 9.72. The molecule has 6 heteroatoms. The number of hydrogen-bond donors (Lipinski definition) is 0. The maximum Gasteiger partial charge on any atom is 0.316 e. The van der Waals surface area contributed by atoms with E-state index in [4.69, 9.17) is 4.74 Å². The van der Waals surface area contributed by atoms with Crippen LogP contribution < -0.4 is 0 Å². The summed E-state index contributed by atoms with van der Waals surface area (Å²) in [5.41, 5.74) is 1.84.